The van der Waals surface area contributed by atoms with E-state index in [9.17, 15) is 4.79 Å². The average molecular weight is 336 g/mol. The normalized spacial score (nSPS) is 56.0. The van der Waals surface area contributed by atoms with Gasteiger partial charge in [0.2, 0.25) is 5.91 Å². The topological polar surface area (TPSA) is 20.3 Å². The van der Waals surface area contributed by atoms with Gasteiger partial charge in [-0.05, 0) is 73.0 Å². The molecule has 3 saturated carbocycles. The molecule has 0 aromatic rings. The van der Waals surface area contributed by atoms with Crippen molar-refractivity contribution < 1.29 is 4.79 Å². The molecule has 0 spiro atoms. The van der Waals surface area contributed by atoms with E-state index in [1.54, 1.807) is 0 Å². The average Bonchev–Trinajstić information content (AvgIpc) is 2.82. The first-order valence-electron chi connectivity index (χ1n) is 9.73. The minimum atomic E-state index is 0.343. The first-order chi connectivity index (χ1) is 10.8. The molecule has 8 atom stereocenters. The lowest BCUT2D eigenvalue weighted by Crippen LogP contribution is -2.63. The largest absolute Gasteiger partial charge is 0.342 e. The fourth-order valence-electron chi connectivity index (χ4n) is 7.43. The van der Waals surface area contributed by atoms with E-state index in [0.717, 1.165) is 36.5 Å². The second-order valence-electron chi connectivity index (χ2n) is 9.67. The van der Waals surface area contributed by atoms with Crippen molar-refractivity contribution in [1.82, 2.24) is 4.90 Å². The van der Waals surface area contributed by atoms with Crippen molar-refractivity contribution >= 4 is 18.5 Å². The number of likely N-dealkylation sites (tertiary alicyclic amines) is 1. The lowest BCUT2D eigenvalue weighted by molar-refractivity contribution is -0.164. The van der Waals surface area contributed by atoms with Gasteiger partial charge in [0.1, 0.15) is 0 Å². The lowest BCUT2D eigenvalue weighted by Gasteiger charge is -2.63. The highest BCUT2D eigenvalue weighted by Gasteiger charge is 2.62. The van der Waals surface area contributed by atoms with Gasteiger partial charge in [0, 0.05) is 24.8 Å². The molecule has 1 amide bonds. The van der Waals surface area contributed by atoms with Crippen LogP contribution in [0.3, 0.4) is 0 Å². The molecule has 0 aromatic carbocycles. The number of carbonyl (C=O) groups is 1. The molecule has 4 fully saturated rings. The summed E-state index contributed by atoms with van der Waals surface area (Å²) in [5.41, 5.74) is 0.800. The zero-order valence-electron chi connectivity index (χ0n) is 15.2. The fourth-order valence-corrected chi connectivity index (χ4v) is 7.90. The van der Waals surface area contributed by atoms with Crippen LogP contribution in [0, 0.1) is 34.5 Å². The Morgan fingerprint density at radius 1 is 1.09 bits per heavy atom. The van der Waals surface area contributed by atoms with Gasteiger partial charge in [-0.25, -0.2) is 0 Å². The summed E-state index contributed by atoms with van der Waals surface area (Å²) in [6.07, 6.45) is 8.47. The quantitative estimate of drug-likeness (QED) is 0.651. The summed E-state index contributed by atoms with van der Waals surface area (Å²) >= 11 is 4.97. The summed E-state index contributed by atoms with van der Waals surface area (Å²) in [5, 5.41) is 0.599. The van der Waals surface area contributed by atoms with E-state index in [2.05, 4.69) is 32.7 Å². The Labute approximate surface area is 147 Å². The summed E-state index contributed by atoms with van der Waals surface area (Å²) in [6, 6.07) is 0.470. The predicted octanol–water partition coefficient (Wildman–Crippen LogP) is 4.39. The summed E-state index contributed by atoms with van der Waals surface area (Å²) in [6.45, 7) is 7.51. The van der Waals surface area contributed by atoms with Crippen LogP contribution in [0.1, 0.15) is 65.7 Å². The van der Waals surface area contributed by atoms with Crippen LogP contribution in [0.2, 0.25) is 0 Å². The van der Waals surface area contributed by atoms with Crippen molar-refractivity contribution in [3.8, 4) is 0 Å². The van der Waals surface area contributed by atoms with E-state index in [1.807, 2.05) is 0 Å². The second-order valence-corrected chi connectivity index (χ2v) is 10.3. The van der Waals surface area contributed by atoms with Crippen molar-refractivity contribution in [3.63, 3.8) is 0 Å². The Bertz CT molecular complexity index is 522. The molecule has 23 heavy (non-hydrogen) atoms. The number of amides is 1. The third kappa shape index (κ3) is 2.04. The van der Waals surface area contributed by atoms with Crippen molar-refractivity contribution in [1.29, 1.82) is 0 Å². The highest BCUT2D eigenvalue weighted by molar-refractivity contribution is 7.81. The number of carbonyl (C=O) groups excluding carboxylic acids is 1. The zero-order chi connectivity index (χ0) is 16.6. The minimum Gasteiger partial charge on any atom is -0.342 e. The van der Waals surface area contributed by atoms with E-state index in [0.29, 0.717) is 28.0 Å². The van der Waals surface area contributed by atoms with Gasteiger partial charge in [0.25, 0.3) is 0 Å². The van der Waals surface area contributed by atoms with Crippen LogP contribution < -0.4 is 0 Å². The monoisotopic (exact) mass is 335 g/mol. The Morgan fingerprint density at radius 2 is 1.78 bits per heavy atom. The van der Waals surface area contributed by atoms with Gasteiger partial charge in [-0.1, -0.05) is 20.8 Å². The smallest absolute Gasteiger partial charge is 0.222 e. The summed E-state index contributed by atoms with van der Waals surface area (Å²) in [5.74, 6) is 3.64. The summed E-state index contributed by atoms with van der Waals surface area (Å²) in [4.78, 5) is 14.4. The van der Waals surface area contributed by atoms with E-state index < -0.39 is 0 Å². The Kier molecular flexibility index (Phi) is 3.66. The molecule has 3 aliphatic carbocycles. The van der Waals surface area contributed by atoms with Gasteiger partial charge in [-0.15, -0.1) is 0 Å². The molecule has 130 valence electrons. The number of nitrogens with zero attached hydrogens (tertiary/aromatic N) is 1. The van der Waals surface area contributed by atoms with E-state index in [-0.39, 0.29) is 0 Å². The number of hydrogen-bond donors (Lipinski definition) is 1. The van der Waals surface area contributed by atoms with Gasteiger partial charge in [-0.2, -0.15) is 12.6 Å². The Balaban J connectivity index is 1.70. The van der Waals surface area contributed by atoms with Crippen LogP contribution in [0.4, 0.5) is 0 Å². The standard InChI is InChI=1S/C20H33NOS/c1-12-11-15-19(2,10-8-17(22)21(15)4)14-7-9-20(3)13(18(12)14)5-6-16(20)23/h12-16,18,23H,5-11H2,1-4H3/t12?,13-,14+,15?,16?,18-,19+,20-/m0/s1. The molecular formula is C20H33NOS. The summed E-state index contributed by atoms with van der Waals surface area (Å²) in [7, 11) is 2.06. The zero-order valence-corrected chi connectivity index (χ0v) is 16.1. The van der Waals surface area contributed by atoms with Gasteiger partial charge < -0.3 is 4.90 Å². The molecule has 3 heteroatoms. The molecule has 1 saturated heterocycles. The van der Waals surface area contributed by atoms with Crippen LogP contribution in [0.25, 0.3) is 0 Å². The Morgan fingerprint density at radius 3 is 2.52 bits per heavy atom. The minimum absolute atomic E-state index is 0.343. The highest BCUT2D eigenvalue weighted by atomic mass is 32.1. The van der Waals surface area contributed by atoms with Crippen molar-refractivity contribution in [2.45, 2.75) is 77.0 Å². The van der Waals surface area contributed by atoms with E-state index in [1.165, 1.54) is 32.1 Å². The third-order valence-electron chi connectivity index (χ3n) is 8.88. The lowest BCUT2D eigenvalue weighted by atomic mass is 9.45. The molecule has 2 nitrogen and oxygen atoms in total. The maximum absolute atomic E-state index is 12.3. The molecule has 1 heterocycles. The van der Waals surface area contributed by atoms with Gasteiger partial charge in [0.15, 0.2) is 0 Å². The van der Waals surface area contributed by atoms with Gasteiger partial charge >= 0.3 is 0 Å². The van der Waals surface area contributed by atoms with Crippen molar-refractivity contribution in [2.75, 3.05) is 7.05 Å². The van der Waals surface area contributed by atoms with E-state index >= 15 is 0 Å². The van der Waals surface area contributed by atoms with Gasteiger partial charge in [-0.3, -0.25) is 4.79 Å². The molecule has 0 aromatic heterocycles. The maximum Gasteiger partial charge on any atom is 0.222 e. The number of thiol groups is 1. The molecule has 0 radical (unpaired) electrons. The number of fused-ring (bicyclic) bond motifs is 5. The van der Waals surface area contributed by atoms with E-state index in [4.69, 9.17) is 12.6 Å². The Hall–Kier alpha value is -0.180. The van der Waals surface area contributed by atoms with Crippen molar-refractivity contribution in [2.24, 2.45) is 34.5 Å². The van der Waals surface area contributed by atoms with Gasteiger partial charge in [0.05, 0.1) is 0 Å². The molecule has 0 N–H and O–H groups in total. The molecule has 3 unspecified atom stereocenters. The second kappa shape index (κ2) is 5.16. The summed E-state index contributed by atoms with van der Waals surface area (Å²) < 4.78 is 0. The van der Waals surface area contributed by atoms with Crippen molar-refractivity contribution in [3.05, 3.63) is 0 Å². The predicted molar refractivity (Wildman–Crippen MR) is 97.5 cm³/mol. The molecule has 4 aliphatic rings. The van der Waals surface area contributed by atoms with Crippen LogP contribution >= 0.6 is 12.6 Å². The molecular weight excluding hydrogens is 302 g/mol. The molecule has 1 aliphatic heterocycles. The number of hydrogen-bond acceptors (Lipinski definition) is 2. The first-order valence-corrected chi connectivity index (χ1v) is 10.2. The van der Waals surface area contributed by atoms with Crippen LogP contribution in [0.15, 0.2) is 0 Å². The highest BCUT2D eigenvalue weighted by Crippen LogP contribution is 2.66. The van der Waals surface area contributed by atoms with Crippen LogP contribution in [-0.4, -0.2) is 29.1 Å². The fraction of sp³-hybridized carbons (Fsp3) is 0.950. The first kappa shape index (κ1) is 16.3. The van der Waals surface area contributed by atoms with Crippen LogP contribution in [0.5, 0.6) is 0 Å². The molecule has 0 bridgehead atoms. The maximum atomic E-state index is 12.3. The third-order valence-corrected chi connectivity index (χ3v) is 9.73. The number of rotatable bonds is 0. The molecule has 4 rings (SSSR count). The van der Waals surface area contributed by atoms with Crippen LogP contribution in [-0.2, 0) is 4.79 Å². The number of piperidine rings is 1. The SMILES string of the molecule is CC1CC2N(C)C(=O)CC[C@]2(C)[C@@H]2CC[C@]3(C)C(S)CC[C@H]3[C@H]12.